The summed E-state index contributed by atoms with van der Waals surface area (Å²) in [6.07, 6.45) is 0.352. The molecule has 2 aromatic carbocycles. The van der Waals surface area contributed by atoms with E-state index in [1.54, 1.807) is 24.3 Å². The van der Waals surface area contributed by atoms with Crippen LogP contribution in [0.3, 0.4) is 0 Å². The summed E-state index contributed by atoms with van der Waals surface area (Å²) in [5, 5.41) is 7.25. The minimum atomic E-state index is -0.437. The molecule has 0 bridgehead atoms. The maximum atomic E-state index is 12.7. The van der Waals surface area contributed by atoms with Gasteiger partial charge in [-0.3, -0.25) is 9.59 Å². The molecular formula is C18H14N4O2. The maximum Gasteiger partial charge on any atom is 0.284 e. The second-order valence-corrected chi connectivity index (χ2v) is 5.73. The van der Waals surface area contributed by atoms with Gasteiger partial charge < -0.3 is 0 Å². The van der Waals surface area contributed by atoms with Crippen LogP contribution in [0.1, 0.15) is 16.8 Å². The van der Waals surface area contributed by atoms with E-state index in [4.69, 9.17) is 0 Å². The smallest absolute Gasteiger partial charge is 0.268 e. The number of para-hydroxylation sites is 1. The Kier molecular flexibility index (Phi) is 3.23. The number of aromatic nitrogens is 4. The fourth-order valence-electron chi connectivity index (χ4n) is 2.70. The first-order chi connectivity index (χ1) is 11.6. The highest BCUT2D eigenvalue weighted by Gasteiger charge is 2.12. The fourth-order valence-corrected chi connectivity index (χ4v) is 2.70. The third kappa shape index (κ3) is 2.28. The summed E-state index contributed by atoms with van der Waals surface area (Å²) >= 11 is 0. The first kappa shape index (κ1) is 14.3. The van der Waals surface area contributed by atoms with Crippen LogP contribution >= 0.6 is 0 Å². The molecule has 6 heteroatoms. The number of hydrogen-bond donors (Lipinski definition) is 1. The molecule has 118 valence electrons. The molecule has 2 heterocycles. The predicted molar refractivity (Wildman–Crippen MR) is 91.4 cm³/mol. The van der Waals surface area contributed by atoms with Crippen molar-refractivity contribution in [2.45, 2.75) is 13.3 Å². The lowest BCUT2D eigenvalue weighted by Gasteiger charge is -2.05. The number of aromatic amines is 1. The van der Waals surface area contributed by atoms with Crippen LogP contribution < -0.4 is 11.1 Å². The van der Waals surface area contributed by atoms with E-state index in [0.29, 0.717) is 17.3 Å². The summed E-state index contributed by atoms with van der Waals surface area (Å²) < 4.78 is 1.05. The molecule has 0 saturated heterocycles. The van der Waals surface area contributed by atoms with Crippen molar-refractivity contribution >= 4 is 16.7 Å². The van der Waals surface area contributed by atoms with Crippen LogP contribution in [0.25, 0.3) is 16.7 Å². The number of hydrogen-bond acceptors (Lipinski definition) is 4. The van der Waals surface area contributed by atoms with Crippen molar-refractivity contribution in [2.75, 3.05) is 0 Å². The molecular weight excluding hydrogens is 304 g/mol. The van der Waals surface area contributed by atoms with Crippen LogP contribution in [0.15, 0.2) is 58.1 Å². The number of nitrogens with zero attached hydrogens (tertiary/aromatic N) is 3. The zero-order chi connectivity index (χ0) is 16.7. The van der Waals surface area contributed by atoms with Gasteiger partial charge in [0.05, 0.1) is 10.9 Å². The van der Waals surface area contributed by atoms with Crippen LogP contribution in [0.2, 0.25) is 0 Å². The van der Waals surface area contributed by atoms with E-state index in [1.165, 1.54) is 0 Å². The number of nitrogens with one attached hydrogen (secondary N) is 1. The maximum absolute atomic E-state index is 12.7. The second-order valence-electron chi connectivity index (χ2n) is 5.73. The number of rotatable bonds is 2. The van der Waals surface area contributed by atoms with Gasteiger partial charge in [-0.15, -0.1) is 0 Å². The zero-order valence-electron chi connectivity index (χ0n) is 13.0. The minimum Gasteiger partial charge on any atom is -0.268 e. The first-order valence-corrected chi connectivity index (χ1v) is 7.58. The van der Waals surface area contributed by atoms with E-state index >= 15 is 0 Å². The van der Waals surface area contributed by atoms with Gasteiger partial charge in [0.25, 0.3) is 11.1 Å². The van der Waals surface area contributed by atoms with Crippen molar-refractivity contribution in [1.82, 2.24) is 19.6 Å². The van der Waals surface area contributed by atoms with Crippen molar-refractivity contribution < 1.29 is 0 Å². The highest BCUT2D eigenvalue weighted by Crippen LogP contribution is 2.08. The van der Waals surface area contributed by atoms with Gasteiger partial charge in [0.15, 0.2) is 0 Å². The molecule has 0 amide bonds. The highest BCUT2D eigenvalue weighted by molar-refractivity contribution is 5.78. The monoisotopic (exact) mass is 318 g/mol. The average molecular weight is 318 g/mol. The molecule has 24 heavy (non-hydrogen) atoms. The predicted octanol–water partition coefficient (Wildman–Crippen LogP) is 1.83. The molecule has 0 aliphatic carbocycles. The minimum absolute atomic E-state index is 0.149. The summed E-state index contributed by atoms with van der Waals surface area (Å²) in [5.41, 5.74) is 2.10. The van der Waals surface area contributed by atoms with Crippen LogP contribution in [-0.4, -0.2) is 19.6 Å². The standard InChI is InChI=1S/C18H14N4O2/c1-11-6-8-12(9-7-11)10-15-17(24)22-16(23)13-4-2-3-5-14(13)19-18(22)21-20-15/h2-9H,10H2,1H3,(H,19,21). The summed E-state index contributed by atoms with van der Waals surface area (Å²) in [5.74, 6) is 0.149. The Morgan fingerprint density at radius 3 is 2.54 bits per heavy atom. The van der Waals surface area contributed by atoms with Gasteiger partial charge in [-0.05, 0) is 24.6 Å². The zero-order valence-corrected chi connectivity index (χ0v) is 13.0. The molecule has 6 nitrogen and oxygen atoms in total. The lowest BCUT2D eigenvalue weighted by molar-refractivity contribution is 0.834. The Morgan fingerprint density at radius 1 is 1.00 bits per heavy atom. The van der Waals surface area contributed by atoms with Gasteiger partial charge in [0.2, 0.25) is 5.78 Å². The SMILES string of the molecule is Cc1ccc(Cc2n[nH]c3nc4ccccc4c(=O)n3c2=O)cc1. The number of fused-ring (bicyclic) bond motifs is 2. The molecule has 0 radical (unpaired) electrons. The molecule has 0 saturated carbocycles. The Hall–Kier alpha value is -3.28. The molecule has 0 aliphatic rings. The molecule has 2 aromatic heterocycles. The van der Waals surface area contributed by atoms with Gasteiger partial charge in [0.1, 0.15) is 5.69 Å². The lowest BCUT2D eigenvalue weighted by Crippen LogP contribution is -2.32. The molecule has 0 unspecified atom stereocenters. The summed E-state index contributed by atoms with van der Waals surface area (Å²) in [6, 6.07) is 14.8. The lowest BCUT2D eigenvalue weighted by atomic mass is 10.1. The van der Waals surface area contributed by atoms with Crippen molar-refractivity contribution in [3.63, 3.8) is 0 Å². The third-order valence-electron chi connectivity index (χ3n) is 4.01. The number of H-pyrrole nitrogens is 1. The number of aryl methyl sites for hydroxylation is 1. The fraction of sp³-hybridized carbons (Fsp3) is 0.111. The van der Waals surface area contributed by atoms with Crippen LogP contribution in [0.5, 0.6) is 0 Å². The van der Waals surface area contributed by atoms with Gasteiger partial charge >= 0.3 is 0 Å². The van der Waals surface area contributed by atoms with Crippen LogP contribution in [0.4, 0.5) is 0 Å². The van der Waals surface area contributed by atoms with Crippen LogP contribution in [0, 0.1) is 6.92 Å². The Morgan fingerprint density at radius 2 is 1.75 bits per heavy atom. The van der Waals surface area contributed by atoms with E-state index in [-0.39, 0.29) is 17.0 Å². The second kappa shape index (κ2) is 5.42. The molecule has 0 spiro atoms. The van der Waals surface area contributed by atoms with Crippen molar-refractivity contribution in [2.24, 2.45) is 0 Å². The van der Waals surface area contributed by atoms with Crippen molar-refractivity contribution in [3.05, 3.63) is 86.1 Å². The molecule has 0 aliphatic heterocycles. The van der Waals surface area contributed by atoms with Crippen molar-refractivity contribution in [3.8, 4) is 0 Å². The Balaban J connectivity index is 1.92. The van der Waals surface area contributed by atoms with Crippen molar-refractivity contribution in [1.29, 1.82) is 0 Å². The molecule has 4 aromatic rings. The van der Waals surface area contributed by atoms with E-state index in [0.717, 1.165) is 15.5 Å². The van der Waals surface area contributed by atoms with Crippen LogP contribution in [-0.2, 0) is 6.42 Å². The third-order valence-corrected chi connectivity index (χ3v) is 4.01. The molecule has 0 fully saturated rings. The van der Waals surface area contributed by atoms with Gasteiger partial charge in [-0.1, -0.05) is 42.0 Å². The summed E-state index contributed by atoms with van der Waals surface area (Å²) in [7, 11) is 0. The Bertz CT molecular complexity index is 1170. The van der Waals surface area contributed by atoms with E-state index in [1.807, 2.05) is 31.2 Å². The Labute approximate surface area is 136 Å². The average Bonchev–Trinajstić information content (AvgIpc) is 2.59. The normalized spacial score (nSPS) is 11.2. The molecule has 4 rings (SSSR count). The quantitative estimate of drug-likeness (QED) is 0.572. The van der Waals surface area contributed by atoms with E-state index < -0.39 is 5.56 Å². The van der Waals surface area contributed by atoms with Gasteiger partial charge in [0, 0.05) is 6.42 Å². The summed E-state index contributed by atoms with van der Waals surface area (Å²) in [6.45, 7) is 2.00. The number of benzene rings is 2. The summed E-state index contributed by atoms with van der Waals surface area (Å²) in [4.78, 5) is 29.6. The topological polar surface area (TPSA) is 80.1 Å². The van der Waals surface area contributed by atoms with Gasteiger partial charge in [-0.25, -0.2) is 14.5 Å². The highest BCUT2D eigenvalue weighted by atomic mass is 16.2. The molecule has 1 N–H and O–H groups in total. The van der Waals surface area contributed by atoms with E-state index in [2.05, 4.69) is 15.2 Å². The van der Waals surface area contributed by atoms with Gasteiger partial charge in [-0.2, -0.15) is 5.10 Å². The largest absolute Gasteiger partial charge is 0.284 e. The van der Waals surface area contributed by atoms with E-state index in [9.17, 15) is 9.59 Å². The first-order valence-electron chi connectivity index (χ1n) is 7.58. The molecule has 0 atom stereocenters.